The first-order valence-electron chi connectivity index (χ1n) is 16.3. The smallest absolute Gasteiger partial charge is 0.315 e. The van der Waals surface area contributed by atoms with Gasteiger partial charge in [0.25, 0.3) is 5.91 Å². The molecule has 0 spiro atoms. The van der Waals surface area contributed by atoms with Crippen molar-refractivity contribution in [3.63, 3.8) is 0 Å². The lowest BCUT2D eigenvalue weighted by Gasteiger charge is -2.35. The molecular formula is C36H45N5O5. The number of fused-ring (bicyclic) bond motifs is 2. The first-order valence-corrected chi connectivity index (χ1v) is 16.3. The first kappa shape index (κ1) is 32.9. The van der Waals surface area contributed by atoms with Crippen LogP contribution in [-0.4, -0.2) is 65.7 Å². The van der Waals surface area contributed by atoms with Gasteiger partial charge in [-0.25, -0.2) is 4.79 Å². The van der Waals surface area contributed by atoms with Gasteiger partial charge in [0.05, 0.1) is 6.04 Å². The van der Waals surface area contributed by atoms with Crippen LogP contribution < -0.4 is 21.3 Å². The number of amides is 5. The number of nitrogens with zero attached hydrogens (tertiary/aromatic N) is 1. The van der Waals surface area contributed by atoms with E-state index in [1.54, 1.807) is 4.90 Å². The number of Topliss-reactive ketones (excluding diaryl/α,β-unsaturated/α-hetero) is 1. The topological polar surface area (TPSA) is 137 Å². The summed E-state index contributed by atoms with van der Waals surface area (Å²) in [4.78, 5) is 68.9. The number of carbonyl (C=O) groups is 5. The molecule has 5 atom stereocenters. The number of rotatable bonds is 13. The third kappa shape index (κ3) is 6.85. The molecule has 1 saturated carbocycles. The summed E-state index contributed by atoms with van der Waals surface area (Å²) < 4.78 is 0. The molecule has 2 fully saturated rings. The first-order chi connectivity index (χ1) is 22.1. The number of likely N-dealkylation sites (tertiary alicyclic amines) is 1. The van der Waals surface area contributed by atoms with Crippen LogP contribution in [0.4, 0.5) is 4.79 Å². The predicted molar refractivity (Wildman–Crippen MR) is 174 cm³/mol. The predicted octanol–water partition coefficient (Wildman–Crippen LogP) is 2.91. The van der Waals surface area contributed by atoms with Crippen molar-refractivity contribution in [1.82, 2.24) is 26.2 Å². The Morgan fingerprint density at radius 2 is 1.61 bits per heavy atom. The van der Waals surface area contributed by atoms with E-state index >= 15 is 0 Å². The quantitative estimate of drug-likeness (QED) is 0.200. The normalized spacial score (nSPS) is 22.1. The number of benzene rings is 2. The summed E-state index contributed by atoms with van der Waals surface area (Å²) in [5.74, 6) is -2.45. The molecule has 5 unspecified atom stereocenters. The van der Waals surface area contributed by atoms with Gasteiger partial charge in [0.15, 0.2) is 0 Å². The second-order valence-corrected chi connectivity index (χ2v) is 13.3. The van der Waals surface area contributed by atoms with Crippen LogP contribution in [0.1, 0.15) is 50.3 Å². The number of piperidine rings is 1. The van der Waals surface area contributed by atoms with Crippen LogP contribution >= 0.6 is 0 Å². The van der Waals surface area contributed by atoms with Gasteiger partial charge in [0.1, 0.15) is 12.1 Å². The second-order valence-electron chi connectivity index (χ2n) is 13.3. The lowest BCUT2D eigenvalue weighted by atomic mass is 9.93. The minimum Gasteiger partial charge on any atom is -0.346 e. The molecule has 4 N–H and O–H groups in total. The minimum atomic E-state index is -1.01. The van der Waals surface area contributed by atoms with E-state index in [4.69, 9.17) is 0 Å². The summed E-state index contributed by atoms with van der Waals surface area (Å²) in [7, 11) is 0. The average Bonchev–Trinajstić information content (AvgIpc) is 3.41. The van der Waals surface area contributed by atoms with E-state index in [9.17, 15) is 24.0 Å². The molecule has 0 aromatic heterocycles. The monoisotopic (exact) mass is 627 g/mol. The SMILES string of the molecule is C=CCNC(=O)C(=O)C(CCC)NC(=O)C1C2C(CN1C(=O)C(NC(=O)NCc1ccccc1)C1Cc3ccccc3C1)C2(C)C. The van der Waals surface area contributed by atoms with Crippen molar-refractivity contribution in [3.05, 3.63) is 83.9 Å². The summed E-state index contributed by atoms with van der Waals surface area (Å²) in [6, 6.07) is 14.4. The van der Waals surface area contributed by atoms with Crippen molar-refractivity contribution in [2.45, 2.75) is 71.1 Å². The zero-order chi connectivity index (χ0) is 33.0. The molecule has 1 aliphatic heterocycles. The van der Waals surface area contributed by atoms with E-state index in [1.807, 2.05) is 61.5 Å². The molecule has 2 aliphatic carbocycles. The Kier molecular flexibility index (Phi) is 9.94. The van der Waals surface area contributed by atoms with Crippen molar-refractivity contribution in [2.24, 2.45) is 23.2 Å². The maximum atomic E-state index is 14.5. The van der Waals surface area contributed by atoms with E-state index < -0.39 is 41.8 Å². The third-order valence-corrected chi connectivity index (χ3v) is 10.0. The second kappa shape index (κ2) is 13.9. The highest BCUT2D eigenvalue weighted by molar-refractivity contribution is 6.38. The maximum absolute atomic E-state index is 14.5. The highest BCUT2D eigenvalue weighted by atomic mass is 16.2. The minimum absolute atomic E-state index is 0.100. The van der Waals surface area contributed by atoms with E-state index in [-0.39, 0.29) is 42.0 Å². The molecule has 0 radical (unpaired) electrons. The molecule has 3 aliphatic rings. The Morgan fingerprint density at radius 1 is 0.957 bits per heavy atom. The molecule has 10 nitrogen and oxygen atoms in total. The zero-order valence-electron chi connectivity index (χ0n) is 26.9. The number of nitrogens with one attached hydrogen (secondary N) is 4. The highest BCUT2D eigenvalue weighted by Gasteiger charge is 2.69. The molecule has 1 saturated heterocycles. The van der Waals surface area contributed by atoms with E-state index in [1.165, 1.54) is 6.08 Å². The van der Waals surface area contributed by atoms with Crippen LogP contribution in [0.15, 0.2) is 67.3 Å². The van der Waals surface area contributed by atoms with E-state index in [0.717, 1.165) is 16.7 Å². The van der Waals surface area contributed by atoms with E-state index in [0.29, 0.717) is 32.4 Å². The van der Waals surface area contributed by atoms with E-state index in [2.05, 4.69) is 41.7 Å². The van der Waals surface area contributed by atoms with Crippen molar-refractivity contribution in [3.8, 4) is 0 Å². The Bertz CT molecular complexity index is 1470. The fourth-order valence-electron chi connectivity index (χ4n) is 7.40. The molecule has 244 valence electrons. The zero-order valence-corrected chi connectivity index (χ0v) is 26.9. The average molecular weight is 628 g/mol. The standard InChI is InChI=1S/C36H45N5O5/c1-5-12-27(31(42)33(44)37-17-6-2)39-32(43)30-28-26(36(28,3)4)21-41(30)34(45)29(25-18-23-15-10-11-16-24(23)19-25)40-35(46)38-20-22-13-8-7-9-14-22/h6-11,13-16,25-30H,2,5,12,17-21H2,1,3-4H3,(H,37,44)(H,39,43)(H2,38,40,46). The van der Waals surface area contributed by atoms with Crippen LogP contribution in [0.25, 0.3) is 0 Å². The van der Waals surface area contributed by atoms with Gasteiger partial charge in [0.2, 0.25) is 17.6 Å². The van der Waals surface area contributed by atoms with Gasteiger partial charge in [-0.2, -0.15) is 0 Å². The van der Waals surface area contributed by atoms with Crippen molar-refractivity contribution < 1.29 is 24.0 Å². The Balaban J connectivity index is 1.36. The summed E-state index contributed by atoms with van der Waals surface area (Å²) in [5.41, 5.74) is 3.06. The number of carbonyl (C=O) groups excluding carboxylic acids is 5. The molecule has 2 aromatic carbocycles. The Hall–Kier alpha value is -4.47. The molecule has 2 aromatic rings. The largest absolute Gasteiger partial charge is 0.346 e. The van der Waals surface area contributed by atoms with Crippen molar-refractivity contribution in [1.29, 1.82) is 0 Å². The fraction of sp³-hybridized carbons (Fsp3) is 0.472. The van der Waals surface area contributed by atoms with Gasteiger partial charge < -0.3 is 26.2 Å². The van der Waals surface area contributed by atoms with Crippen LogP contribution in [-0.2, 0) is 38.6 Å². The van der Waals surface area contributed by atoms with Gasteiger partial charge in [-0.15, -0.1) is 6.58 Å². The van der Waals surface area contributed by atoms with Gasteiger partial charge >= 0.3 is 6.03 Å². The molecule has 1 heterocycles. The highest BCUT2D eigenvalue weighted by Crippen LogP contribution is 2.65. The fourth-order valence-corrected chi connectivity index (χ4v) is 7.40. The van der Waals surface area contributed by atoms with Crippen LogP contribution in [0.2, 0.25) is 0 Å². The van der Waals surface area contributed by atoms with Gasteiger partial charge in [-0.05, 0) is 59.1 Å². The molecule has 5 rings (SSSR count). The number of hydrogen-bond donors (Lipinski definition) is 4. The van der Waals surface area contributed by atoms with Gasteiger partial charge in [-0.3, -0.25) is 19.2 Å². The molecule has 46 heavy (non-hydrogen) atoms. The summed E-state index contributed by atoms with van der Waals surface area (Å²) >= 11 is 0. The number of urea groups is 1. The Labute approximate surface area is 270 Å². The van der Waals surface area contributed by atoms with Gasteiger partial charge in [-0.1, -0.05) is 87.9 Å². The van der Waals surface area contributed by atoms with Crippen molar-refractivity contribution in [2.75, 3.05) is 13.1 Å². The molecule has 5 amide bonds. The molecular weight excluding hydrogens is 582 g/mol. The van der Waals surface area contributed by atoms with Crippen LogP contribution in [0.3, 0.4) is 0 Å². The van der Waals surface area contributed by atoms with Crippen molar-refractivity contribution >= 4 is 29.5 Å². The lowest BCUT2D eigenvalue weighted by Crippen LogP contribution is -2.60. The maximum Gasteiger partial charge on any atom is 0.315 e. The summed E-state index contributed by atoms with van der Waals surface area (Å²) in [5, 5.41) is 11.2. The van der Waals surface area contributed by atoms with Crippen LogP contribution in [0, 0.1) is 23.2 Å². The molecule has 0 bridgehead atoms. The van der Waals surface area contributed by atoms with Crippen LogP contribution in [0.5, 0.6) is 0 Å². The Morgan fingerprint density at radius 3 is 2.24 bits per heavy atom. The lowest BCUT2D eigenvalue weighted by molar-refractivity contribution is -0.144. The van der Waals surface area contributed by atoms with Gasteiger partial charge in [0, 0.05) is 19.6 Å². The summed E-state index contributed by atoms with van der Waals surface area (Å²) in [6.07, 6.45) is 3.59. The summed E-state index contributed by atoms with van der Waals surface area (Å²) in [6.45, 7) is 10.4. The molecule has 10 heteroatoms. The number of hydrogen-bond acceptors (Lipinski definition) is 5. The number of ketones is 1. The third-order valence-electron chi connectivity index (χ3n) is 10.0.